The second-order valence-corrected chi connectivity index (χ2v) is 7.63. The number of nitrogens with zero attached hydrogens (tertiary/aromatic N) is 1. The van der Waals surface area contributed by atoms with Crippen LogP contribution in [0.3, 0.4) is 0 Å². The van der Waals surface area contributed by atoms with Crippen molar-refractivity contribution in [2.45, 2.75) is 38.2 Å². The number of carbonyl (C=O) groups is 1. The Morgan fingerprint density at radius 2 is 2.00 bits per heavy atom. The fraction of sp³-hybridized carbons (Fsp3) is 0.923. The van der Waals surface area contributed by atoms with Crippen molar-refractivity contribution < 1.29 is 17.9 Å². The second kappa shape index (κ2) is 6.87. The molecule has 6 nitrogen and oxygen atoms in total. The molecule has 1 unspecified atom stereocenters. The lowest BCUT2D eigenvalue weighted by Crippen LogP contribution is -2.43. The van der Waals surface area contributed by atoms with Crippen LogP contribution in [0.1, 0.15) is 32.1 Å². The number of sulfonamides is 1. The zero-order chi connectivity index (χ0) is 14.6. The lowest BCUT2D eigenvalue weighted by molar-refractivity contribution is -0.126. The average molecular weight is 304 g/mol. The molecule has 0 aliphatic carbocycles. The molecule has 0 aromatic rings. The molecule has 0 saturated carbocycles. The number of carbonyl (C=O) groups excluding carboxylic acids is 1. The molecule has 2 rings (SSSR count). The summed E-state index contributed by atoms with van der Waals surface area (Å²) in [5, 5.41) is 2.95. The van der Waals surface area contributed by atoms with Gasteiger partial charge in [-0.25, -0.2) is 12.7 Å². The molecule has 2 aliphatic heterocycles. The average Bonchev–Trinajstić information content (AvgIpc) is 2.91. The van der Waals surface area contributed by atoms with Crippen molar-refractivity contribution in [3.63, 3.8) is 0 Å². The molecular weight excluding hydrogens is 280 g/mol. The minimum absolute atomic E-state index is 0.0520. The van der Waals surface area contributed by atoms with Gasteiger partial charge in [0.25, 0.3) is 0 Å². The summed E-state index contributed by atoms with van der Waals surface area (Å²) in [7, 11) is -3.12. The van der Waals surface area contributed by atoms with Crippen molar-refractivity contribution in [3.05, 3.63) is 0 Å². The van der Waals surface area contributed by atoms with E-state index in [1.54, 1.807) is 0 Å². The fourth-order valence-electron chi connectivity index (χ4n) is 2.82. The molecule has 2 saturated heterocycles. The Hall–Kier alpha value is -0.660. The van der Waals surface area contributed by atoms with Crippen LogP contribution in [0.5, 0.6) is 0 Å². The smallest absolute Gasteiger partial charge is 0.223 e. The monoisotopic (exact) mass is 304 g/mol. The predicted molar refractivity (Wildman–Crippen MR) is 75.7 cm³/mol. The summed E-state index contributed by atoms with van der Waals surface area (Å²) in [6, 6.07) is 0. The Bertz CT molecular complexity index is 424. The van der Waals surface area contributed by atoms with Gasteiger partial charge in [0.15, 0.2) is 0 Å². The second-order valence-electron chi connectivity index (χ2n) is 5.65. The lowest BCUT2D eigenvalue weighted by Gasteiger charge is -2.29. The largest absolute Gasteiger partial charge is 0.378 e. The van der Waals surface area contributed by atoms with Crippen LogP contribution in [0.25, 0.3) is 0 Å². The third kappa shape index (κ3) is 4.43. The number of piperidine rings is 1. The first-order valence-electron chi connectivity index (χ1n) is 7.31. The molecule has 0 radical (unpaired) electrons. The zero-order valence-electron chi connectivity index (χ0n) is 12.0. The Labute approximate surface area is 120 Å². The quantitative estimate of drug-likeness (QED) is 0.795. The molecule has 0 aromatic heterocycles. The van der Waals surface area contributed by atoms with E-state index in [2.05, 4.69) is 5.32 Å². The predicted octanol–water partition coefficient (Wildman–Crippen LogP) is 0.343. The highest BCUT2D eigenvalue weighted by atomic mass is 32.2. The highest BCUT2D eigenvalue weighted by Crippen LogP contribution is 2.19. The molecule has 1 amide bonds. The molecule has 2 aliphatic rings. The van der Waals surface area contributed by atoms with Crippen molar-refractivity contribution in [2.24, 2.45) is 5.92 Å². The number of ether oxygens (including phenoxy) is 1. The number of amides is 1. The topological polar surface area (TPSA) is 75.7 Å². The Balaban J connectivity index is 1.66. The van der Waals surface area contributed by atoms with Crippen molar-refractivity contribution in [1.29, 1.82) is 0 Å². The van der Waals surface area contributed by atoms with Gasteiger partial charge in [-0.15, -0.1) is 0 Å². The van der Waals surface area contributed by atoms with Crippen LogP contribution < -0.4 is 5.32 Å². The molecule has 2 heterocycles. The van der Waals surface area contributed by atoms with Crippen molar-refractivity contribution in [2.75, 3.05) is 32.5 Å². The third-order valence-electron chi connectivity index (χ3n) is 4.08. The summed E-state index contributed by atoms with van der Waals surface area (Å²) in [4.78, 5) is 12.0. The summed E-state index contributed by atoms with van der Waals surface area (Å²) >= 11 is 0. The first kappa shape index (κ1) is 15.7. The van der Waals surface area contributed by atoms with E-state index >= 15 is 0 Å². The third-order valence-corrected chi connectivity index (χ3v) is 5.39. The van der Waals surface area contributed by atoms with Gasteiger partial charge in [-0.3, -0.25) is 4.79 Å². The SMILES string of the molecule is CS(=O)(=O)N1CCC(C(=O)NCCC2CCCO2)CC1. The van der Waals surface area contributed by atoms with Gasteiger partial charge >= 0.3 is 0 Å². The van der Waals surface area contributed by atoms with Crippen molar-refractivity contribution in [1.82, 2.24) is 9.62 Å². The highest BCUT2D eigenvalue weighted by molar-refractivity contribution is 7.88. The van der Waals surface area contributed by atoms with Gasteiger partial charge in [0.1, 0.15) is 0 Å². The van der Waals surface area contributed by atoms with E-state index in [0.717, 1.165) is 25.9 Å². The lowest BCUT2D eigenvalue weighted by atomic mass is 9.97. The van der Waals surface area contributed by atoms with Crippen LogP contribution in [0, 0.1) is 5.92 Å². The molecule has 1 atom stereocenters. The van der Waals surface area contributed by atoms with Crippen molar-refractivity contribution in [3.8, 4) is 0 Å². The van der Waals surface area contributed by atoms with Gasteiger partial charge in [0.05, 0.1) is 12.4 Å². The zero-order valence-corrected chi connectivity index (χ0v) is 12.8. The standard InChI is InChI=1S/C13H24N2O4S/c1-20(17,18)15-8-5-11(6-9-15)13(16)14-7-4-12-3-2-10-19-12/h11-12H,2-10H2,1H3,(H,14,16). The Morgan fingerprint density at radius 1 is 1.30 bits per heavy atom. The minimum atomic E-state index is -3.12. The molecule has 0 bridgehead atoms. The maximum Gasteiger partial charge on any atom is 0.223 e. The summed E-state index contributed by atoms with van der Waals surface area (Å²) in [5.74, 6) is -0.00588. The first-order chi connectivity index (χ1) is 9.47. The molecule has 116 valence electrons. The first-order valence-corrected chi connectivity index (χ1v) is 9.16. The van der Waals surface area contributed by atoms with Crippen LogP contribution >= 0.6 is 0 Å². The van der Waals surface area contributed by atoms with Gasteiger partial charge in [0, 0.05) is 32.2 Å². The van der Waals surface area contributed by atoms with Crippen LogP contribution in [0.2, 0.25) is 0 Å². The Morgan fingerprint density at radius 3 is 2.55 bits per heavy atom. The van der Waals surface area contributed by atoms with E-state index in [4.69, 9.17) is 4.74 Å². The van der Waals surface area contributed by atoms with Gasteiger partial charge < -0.3 is 10.1 Å². The fourth-order valence-corrected chi connectivity index (χ4v) is 3.70. The van der Waals surface area contributed by atoms with E-state index in [0.29, 0.717) is 38.6 Å². The van der Waals surface area contributed by atoms with E-state index in [1.165, 1.54) is 10.6 Å². The summed E-state index contributed by atoms with van der Waals surface area (Å²) < 4.78 is 29.7. The van der Waals surface area contributed by atoms with Gasteiger partial charge in [-0.05, 0) is 32.1 Å². The number of hydrogen-bond donors (Lipinski definition) is 1. The van der Waals surface area contributed by atoms with E-state index in [9.17, 15) is 13.2 Å². The van der Waals surface area contributed by atoms with Crippen molar-refractivity contribution >= 4 is 15.9 Å². The van der Waals surface area contributed by atoms with Crippen LogP contribution in [0.4, 0.5) is 0 Å². The Kier molecular flexibility index (Phi) is 5.40. The molecule has 0 spiro atoms. The molecule has 20 heavy (non-hydrogen) atoms. The van der Waals surface area contributed by atoms with E-state index < -0.39 is 10.0 Å². The van der Waals surface area contributed by atoms with Gasteiger partial charge in [0.2, 0.25) is 15.9 Å². The van der Waals surface area contributed by atoms with Crippen LogP contribution in [-0.4, -0.2) is 57.2 Å². The minimum Gasteiger partial charge on any atom is -0.378 e. The maximum absolute atomic E-state index is 12.0. The summed E-state index contributed by atoms with van der Waals surface area (Å²) in [6.07, 6.45) is 5.80. The van der Waals surface area contributed by atoms with E-state index in [-0.39, 0.29) is 11.8 Å². The molecule has 7 heteroatoms. The summed E-state index contributed by atoms with van der Waals surface area (Å²) in [6.45, 7) is 2.38. The molecule has 1 N–H and O–H groups in total. The van der Waals surface area contributed by atoms with Crippen LogP contribution in [0.15, 0.2) is 0 Å². The molecule has 0 aromatic carbocycles. The highest BCUT2D eigenvalue weighted by Gasteiger charge is 2.28. The molecular formula is C13H24N2O4S. The number of rotatable bonds is 5. The van der Waals surface area contributed by atoms with Gasteiger partial charge in [-0.1, -0.05) is 0 Å². The number of nitrogens with one attached hydrogen (secondary N) is 1. The van der Waals surface area contributed by atoms with E-state index in [1.807, 2.05) is 0 Å². The maximum atomic E-state index is 12.0. The number of hydrogen-bond acceptors (Lipinski definition) is 4. The molecule has 2 fully saturated rings. The normalized spacial score (nSPS) is 25.8. The van der Waals surface area contributed by atoms with Gasteiger partial charge in [-0.2, -0.15) is 0 Å². The summed E-state index contributed by atoms with van der Waals surface area (Å²) in [5.41, 5.74) is 0. The van der Waals surface area contributed by atoms with Crippen LogP contribution in [-0.2, 0) is 19.6 Å².